The fourth-order valence-corrected chi connectivity index (χ4v) is 7.31. The van der Waals surface area contributed by atoms with E-state index in [1.807, 2.05) is 0 Å². The van der Waals surface area contributed by atoms with Crippen molar-refractivity contribution in [1.82, 2.24) is 0 Å². The molecule has 2 heteroatoms. The topological polar surface area (TPSA) is 0 Å². The van der Waals surface area contributed by atoms with Crippen molar-refractivity contribution in [2.75, 3.05) is 0 Å². The molecule has 34 heavy (non-hydrogen) atoms. The van der Waals surface area contributed by atoms with E-state index in [-0.39, 0.29) is 0 Å². The van der Waals surface area contributed by atoms with Crippen LogP contribution in [0.1, 0.15) is 0 Å². The number of fused-ring (bicyclic) bond motifs is 9. The smallest absolute Gasteiger partial charge is 0.0339 e. The highest BCUT2D eigenvalue weighted by molar-refractivity contribution is 9.11. The van der Waals surface area contributed by atoms with Crippen molar-refractivity contribution in [3.8, 4) is 0 Å². The van der Waals surface area contributed by atoms with Crippen LogP contribution in [0.4, 0.5) is 0 Å². The van der Waals surface area contributed by atoms with E-state index in [4.69, 9.17) is 0 Å². The van der Waals surface area contributed by atoms with Crippen molar-refractivity contribution >= 4 is 107 Å². The Morgan fingerprint density at radius 2 is 0.824 bits per heavy atom. The Balaban J connectivity index is 1.85. The predicted molar refractivity (Wildman–Crippen MR) is 156 cm³/mol. The summed E-state index contributed by atoms with van der Waals surface area (Å²) in [6.45, 7) is 0. The molecule has 0 spiro atoms. The second-order valence-corrected chi connectivity index (χ2v) is 10.8. The van der Waals surface area contributed by atoms with E-state index in [1.165, 1.54) is 79.9 Å². The SMILES string of the molecule is Brc1ccc2c3ccc4ccccc4c3c3c4ccc5ccccc5c4c(Br)c4ccc1c2c43. The summed E-state index contributed by atoms with van der Waals surface area (Å²) >= 11 is 7.90. The largest absolute Gasteiger partial charge is 0.0616 e. The van der Waals surface area contributed by atoms with Crippen LogP contribution in [0.5, 0.6) is 0 Å². The summed E-state index contributed by atoms with van der Waals surface area (Å²) in [7, 11) is 0. The predicted octanol–water partition coefficient (Wildman–Crippen LogP) is 10.7. The van der Waals surface area contributed by atoms with Crippen LogP contribution in [0.25, 0.3) is 75.4 Å². The van der Waals surface area contributed by atoms with Crippen LogP contribution in [0.2, 0.25) is 0 Å². The highest BCUT2D eigenvalue weighted by Gasteiger charge is 2.21. The first kappa shape index (κ1) is 19.1. The molecule has 0 atom stereocenters. The minimum absolute atomic E-state index is 1.14. The normalized spacial score (nSPS) is 12.4. The molecule has 8 aromatic carbocycles. The van der Waals surface area contributed by atoms with Gasteiger partial charge in [0.2, 0.25) is 0 Å². The molecule has 8 aromatic rings. The second kappa shape index (κ2) is 6.69. The summed E-state index contributed by atoms with van der Waals surface area (Å²) in [4.78, 5) is 0. The van der Waals surface area contributed by atoms with Gasteiger partial charge >= 0.3 is 0 Å². The van der Waals surface area contributed by atoms with Gasteiger partial charge in [0.15, 0.2) is 0 Å². The van der Waals surface area contributed by atoms with Crippen molar-refractivity contribution < 1.29 is 0 Å². The van der Waals surface area contributed by atoms with E-state index in [0.29, 0.717) is 0 Å². The standard InChI is InChI=1S/C32H16Br2/c33-26-16-15-22-21-11-9-17-5-1-3-7-19(17)27(21)30-24-12-10-18-6-2-4-8-20(18)29(24)32(34)25-14-13-23(26)28(22)31(25)30/h1-16H. The zero-order valence-electron chi connectivity index (χ0n) is 18.0. The molecule has 0 aliphatic heterocycles. The van der Waals surface area contributed by atoms with Crippen molar-refractivity contribution in [3.63, 3.8) is 0 Å². The lowest BCUT2D eigenvalue weighted by Crippen LogP contribution is -1.92. The first-order valence-corrected chi connectivity index (χ1v) is 13.0. The van der Waals surface area contributed by atoms with Crippen LogP contribution in [0, 0.1) is 0 Å². The molecule has 0 fully saturated rings. The van der Waals surface area contributed by atoms with E-state index >= 15 is 0 Å². The molecule has 0 bridgehead atoms. The van der Waals surface area contributed by atoms with Crippen molar-refractivity contribution in [3.05, 3.63) is 106 Å². The molecule has 0 aromatic heterocycles. The molecule has 158 valence electrons. The van der Waals surface area contributed by atoms with E-state index < -0.39 is 0 Å². The molecule has 0 nitrogen and oxygen atoms in total. The molecule has 0 radical (unpaired) electrons. The first-order chi connectivity index (χ1) is 16.7. The van der Waals surface area contributed by atoms with Gasteiger partial charge in [0.25, 0.3) is 0 Å². The van der Waals surface area contributed by atoms with Crippen LogP contribution in [0.3, 0.4) is 0 Å². The summed E-state index contributed by atoms with van der Waals surface area (Å²) in [5, 5.41) is 18.2. The number of halogens is 2. The van der Waals surface area contributed by atoms with E-state index in [1.54, 1.807) is 0 Å². The van der Waals surface area contributed by atoms with E-state index in [0.717, 1.165) is 4.47 Å². The minimum Gasteiger partial charge on any atom is -0.0616 e. The van der Waals surface area contributed by atoms with Gasteiger partial charge in [-0.1, -0.05) is 107 Å². The Labute approximate surface area is 212 Å². The maximum absolute atomic E-state index is 4.07. The molecule has 0 saturated carbocycles. The molecular weight excluding hydrogens is 544 g/mol. The highest BCUT2D eigenvalue weighted by Crippen LogP contribution is 2.50. The van der Waals surface area contributed by atoms with Gasteiger partial charge < -0.3 is 0 Å². The third-order valence-corrected chi connectivity index (χ3v) is 9.02. The van der Waals surface area contributed by atoms with Gasteiger partial charge in [-0.15, -0.1) is 0 Å². The highest BCUT2D eigenvalue weighted by atomic mass is 79.9. The average Bonchev–Trinajstić information content (AvgIpc) is 2.89. The van der Waals surface area contributed by atoms with Crippen molar-refractivity contribution in [1.29, 1.82) is 0 Å². The van der Waals surface area contributed by atoms with Crippen molar-refractivity contribution in [2.45, 2.75) is 0 Å². The summed E-state index contributed by atoms with van der Waals surface area (Å²) in [6.07, 6.45) is 0. The monoisotopic (exact) mass is 558 g/mol. The number of benzene rings is 8. The molecule has 0 aliphatic carbocycles. The molecule has 8 rings (SSSR count). The van der Waals surface area contributed by atoms with Gasteiger partial charge in [0.1, 0.15) is 0 Å². The zero-order chi connectivity index (χ0) is 22.6. The molecular formula is C32H16Br2. The maximum Gasteiger partial charge on any atom is 0.0339 e. The van der Waals surface area contributed by atoms with Gasteiger partial charge in [-0.2, -0.15) is 0 Å². The number of hydrogen-bond donors (Lipinski definition) is 0. The average molecular weight is 560 g/mol. The van der Waals surface area contributed by atoms with Crippen LogP contribution in [-0.2, 0) is 0 Å². The van der Waals surface area contributed by atoms with Gasteiger partial charge in [0.05, 0.1) is 0 Å². The third-order valence-electron chi connectivity index (χ3n) is 7.50. The van der Waals surface area contributed by atoms with Gasteiger partial charge in [0, 0.05) is 14.3 Å². The lowest BCUT2D eigenvalue weighted by molar-refractivity contribution is 1.76. The lowest BCUT2D eigenvalue weighted by atomic mass is 9.84. The zero-order valence-corrected chi connectivity index (χ0v) is 21.2. The van der Waals surface area contributed by atoms with E-state index in [2.05, 4.69) is 129 Å². The summed E-state index contributed by atoms with van der Waals surface area (Å²) in [5.41, 5.74) is 0. The van der Waals surface area contributed by atoms with Gasteiger partial charge in [-0.25, -0.2) is 0 Å². The number of hydrogen-bond acceptors (Lipinski definition) is 0. The first-order valence-electron chi connectivity index (χ1n) is 11.4. The van der Waals surface area contributed by atoms with Crippen LogP contribution in [0.15, 0.2) is 106 Å². The quantitative estimate of drug-likeness (QED) is 0.128. The number of rotatable bonds is 0. The molecule has 0 heterocycles. The summed E-state index contributed by atoms with van der Waals surface area (Å²) in [5.74, 6) is 0. The Hall–Kier alpha value is -3.20. The van der Waals surface area contributed by atoms with Crippen LogP contribution < -0.4 is 0 Å². The lowest BCUT2D eigenvalue weighted by Gasteiger charge is -2.20. The van der Waals surface area contributed by atoms with E-state index in [9.17, 15) is 0 Å². The Bertz CT molecular complexity index is 2140. The van der Waals surface area contributed by atoms with Crippen LogP contribution in [-0.4, -0.2) is 0 Å². The molecule has 0 unspecified atom stereocenters. The summed E-state index contributed by atoms with van der Waals surface area (Å²) < 4.78 is 2.31. The fourth-order valence-electron chi connectivity index (χ4n) is 6.09. The summed E-state index contributed by atoms with van der Waals surface area (Å²) in [6, 6.07) is 35.7. The van der Waals surface area contributed by atoms with Crippen molar-refractivity contribution in [2.24, 2.45) is 0 Å². The molecule has 0 aliphatic rings. The maximum atomic E-state index is 4.07. The molecule has 0 amide bonds. The van der Waals surface area contributed by atoms with Gasteiger partial charge in [-0.05, 0) is 92.0 Å². The van der Waals surface area contributed by atoms with Crippen LogP contribution >= 0.6 is 31.9 Å². The minimum atomic E-state index is 1.14. The molecule has 0 N–H and O–H groups in total. The second-order valence-electron chi connectivity index (χ2n) is 9.11. The van der Waals surface area contributed by atoms with Gasteiger partial charge in [-0.3, -0.25) is 0 Å². The Morgan fingerprint density at radius 3 is 1.56 bits per heavy atom. The third kappa shape index (κ3) is 2.28. The Morgan fingerprint density at radius 1 is 0.324 bits per heavy atom. The molecule has 0 saturated heterocycles. The fraction of sp³-hybridized carbons (Fsp3) is 0. The Kier molecular flexibility index (Phi) is 3.76.